The topological polar surface area (TPSA) is 237 Å². The van der Waals surface area contributed by atoms with E-state index in [9.17, 15) is 43.2 Å². The van der Waals surface area contributed by atoms with Crippen molar-refractivity contribution in [2.75, 3.05) is 39.6 Å². The number of carbonyl (C=O) groups is 4. The third kappa shape index (κ3) is 75.0. The molecule has 3 N–H and O–H groups in total. The number of hydrogen-bond acceptors (Lipinski definition) is 15. The number of carbonyl (C=O) groups excluding carboxylic acids is 4. The van der Waals surface area contributed by atoms with Crippen molar-refractivity contribution in [1.29, 1.82) is 0 Å². The van der Waals surface area contributed by atoms with Crippen molar-refractivity contribution in [1.82, 2.24) is 0 Å². The second kappa shape index (κ2) is 76.0. The van der Waals surface area contributed by atoms with Gasteiger partial charge in [0.05, 0.1) is 26.4 Å². The maximum Gasteiger partial charge on any atom is 0.472 e. The van der Waals surface area contributed by atoms with Crippen molar-refractivity contribution < 1.29 is 80.2 Å². The largest absolute Gasteiger partial charge is 0.472 e. The zero-order valence-electron chi connectivity index (χ0n) is 65.3. The molecule has 0 bridgehead atoms. The molecule has 0 aromatic carbocycles. The van der Waals surface area contributed by atoms with Gasteiger partial charge >= 0.3 is 39.5 Å². The third-order valence-corrected chi connectivity index (χ3v) is 19.9. The Morgan fingerprint density at radius 2 is 0.490 bits per heavy atom. The van der Waals surface area contributed by atoms with Gasteiger partial charge in [-0.3, -0.25) is 37.3 Å². The molecule has 0 rings (SSSR count). The Bertz CT molecular complexity index is 2170. The molecule has 0 aliphatic carbocycles. The Hall–Kier alpha value is -3.24. The van der Waals surface area contributed by atoms with E-state index in [0.29, 0.717) is 32.1 Å². The zero-order valence-corrected chi connectivity index (χ0v) is 67.1. The second-order valence-corrected chi connectivity index (χ2v) is 31.0. The fourth-order valence-electron chi connectivity index (χ4n) is 11.6. The fraction of sp³-hybridized carbons (Fsp3) is 0.831. The molecule has 596 valence electrons. The molecule has 0 saturated carbocycles. The first-order valence-electron chi connectivity index (χ1n) is 41.5. The van der Waals surface area contributed by atoms with Gasteiger partial charge in [0.2, 0.25) is 0 Å². The predicted octanol–water partition coefficient (Wildman–Crippen LogP) is 24.2. The number of hydrogen-bond donors (Lipinski definition) is 3. The highest BCUT2D eigenvalue weighted by Gasteiger charge is 2.30. The highest BCUT2D eigenvalue weighted by Crippen LogP contribution is 2.45. The lowest BCUT2D eigenvalue weighted by Crippen LogP contribution is -2.30. The van der Waals surface area contributed by atoms with Gasteiger partial charge in [-0.1, -0.05) is 332 Å². The lowest BCUT2D eigenvalue weighted by Gasteiger charge is -2.21. The van der Waals surface area contributed by atoms with E-state index in [0.717, 1.165) is 109 Å². The minimum absolute atomic E-state index is 0.0899. The van der Waals surface area contributed by atoms with Gasteiger partial charge in [-0.05, 0) is 89.9 Å². The number of phosphoric ester groups is 2. The Morgan fingerprint density at radius 3 is 0.804 bits per heavy atom. The lowest BCUT2D eigenvalue weighted by atomic mass is 10.0. The molecule has 0 aromatic rings. The van der Waals surface area contributed by atoms with Crippen LogP contribution in [0.4, 0.5) is 0 Å². The highest BCUT2D eigenvalue weighted by molar-refractivity contribution is 7.47. The fourth-order valence-corrected chi connectivity index (χ4v) is 13.2. The Kier molecular flexibility index (Phi) is 73.6. The first-order chi connectivity index (χ1) is 49.7. The van der Waals surface area contributed by atoms with E-state index < -0.39 is 97.5 Å². The van der Waals surface area contributed by atoms with Crippen LogP contribution in [0.25, 0.3) is 0 Å². The molecule has 0 amide bonds. The van der Waals surface area contributed by atoms with Crippen molar-refractivity contribution in [2.24, 2.45) is 0 Å². The Labute approximate surface area is 622 Å². The summed E-state index contributed by atoms with van der Waals surface area (Å²) >= 11 is 0. The number of esters is 4. The summed E-state index contributed by atoms with van der Waals surface area (Å²) in [5.41, 5.74) is 0. The summed E-state index contributed by atoms with van der Waals surface area (Å²) in [6, 6.07) is 0. The number of aliphatic hydroxyl groups is 1. The van der Waals surface area contributed by atoms with Gasteiger partial charge in [-0.2, -0.15) is 0 Å². The number of unbranched alkanes of at least 4 members (excludes halogenated alkanes) is 43. The van der Waals surface area contributed by atoms with Gasteiger partial charge in [0, 0.05) is 25.7 Å². The number of allylic oxidation sites excluding steroid dienone is 10. The standard InChI is InChI=1S/C83H152O17P2/c1-5-9-13-17-21-25-29-33-36-38-41-44-48-52-56-60-64-68-81(86)94-74-79(100-83(88)70-66-62-58-54-50-46-42-39-37-34-30-26-22-18-14-10-6-2)76-98-102(91,92)96-72-77(84)71-95-101(89,90)97-75-78(73-93-80(85)67-63-59-55-51-47-43-32-28-24-20-16-12-8-4)99-82(87)69-65-61-57-53-49-45-40-35-31-27-23-19-15-11-7-3/h21,25,33,35-36,40-41,44,52,56,77-79,84H,5-20,22-24,26-32,34,37-39,42-43,45-51,53-55,57-76H2,1-4H3,(H,89,90)(H,91,92)/b25-21-,36-33-,40-35-,44-41-,56-52-/t77-,78+,79+/m0/s1. The Balaban J connectivity index is 5.37. The molecule has 0 spiro atoms. The van der Waals surface area contributed by atoms with E-state index in [1.54, 1.807) is 0 Å². The smallest absolute Gasteiger partial charge is 0.462 e. The average molecular weight is 1480 g/mol. The van der Waals surface area contributed by atoms with Crippen molar-refractivity contribution >= 4 is 39.5 Å². The molecule has 0 aliphatic rings. The van der Waals surface area contributed by atoms with E-state index in [2.05, 4.69) is 76.3 Å². The minimum Gasteiger partial charge on any atom is -0.462 e. The molecular formula is C83H152O17P2. The second-order valence-electron chi connectivity index (χ2n) is 28.1. The Morgan fingerprint density at radius 1 is 0.275 bits per heavy atom. The molecule has 0 radical (unpaired) electrons. The van der Waals surface area contributed by atoms with Crippen LogP contribution in [0.1, 0.15) is 387 Å². The van der Waals surface area contributed by atoms with Gasteiger partial charge in [0.15, 0.2) is 12.2 Å². The van der Waals surface area contributed by atoms with Gasteiger partial charge in [0.1, 0.15) is 19.3 Å². The van der Waals surface area contributed by atoms with E-state index in [1.165, 1.54) is 193 Å². The summed E-state index contributed by atoms with van der Waals surface area (Å²) in [5.74, 6) is -2.21. The predicted molar refractivity (Wildman–Crippen MR) is 418 cm³/mol. The number of aliphatic hydroxyl groups excluding tert-OH is 1. The monoisotopic (exact) mass is 1480 g/mol. The lowest BCUT2D eigenvalue weighted by molar-refractivity contribution is -0.161. The molecule has 19 heteroatoms. The molecule has 5 atom stereocenters. The minimum atomic E-state index is -4.98. The molecule has 0 aliphatic heterocycles. The molecule has 0 aromatic heterocycles. The zero-order chi connectivity index (χ0) is 74.6. The molecule has 2 unspecified atom stereocenters. The number of ether oxygens (including phenoxy) is 4. The summed E-state index contributed by atoms with van der Waals surface area (Å²) in [4.78, 5) is 73.0. The van der Waals surface area contributed by atoms with Gasteiger partial charge < -0.3 is 33.8 Å². The highest BCUT2D eigenvalue weighted by atomic mass is 31.2. The number of rotatable bonds is 79. The summed E-state index contributed by atoms with van der Waals surface area (Å²) in [7, 11) is -9.96. The van der Waals surface area contributed by atoms with Crippen LogP contribution in [-0.4, -0.2) is 96.7 Å². The normalized spacial score (nSPS) is 14.1. The summed E-state index contributed by atoms with van der Waals surface area (Å²) in [6.45, 7) is 4.87. The van der Waals surface area contributed by atoms with Crippen molar-refractivity contribution in [3.05, 3.63) is 60.8 Å². The van der Waals surface area contributed by atoms with Crippen LogP contribution >= 0.6 is 15.6 Å². The maximum absolute atomic E-state index is 13.1. The molecule has 0 fully saturated rings. The van der Waals surface area contributed by atoms with E-state index in [-0.39, 0.29) is 25.7 Å². The SMILES string of the molecule is CCCCC/C=C\C/C=C\C/C=C\C/C=C\CCCC(=O)OC[C@H](COP(=O)(O)OC[C@@H](O)COP(=O)(O)OC[C@@H](COC(=O)CCCCCCCCCCCCCCC)OC(=O)CCCCCCC/C=C\CCCCCCCC)OC(=O)CCCCCCCCCCCCCCCCCCC. The third-order valence-electron chi connectivity index (χ3n) is 18.0. The molecule has 0 saturated heterocycles. The number of phosphoric acid groups is 2. The summed E-state index contributed by atoms with van der Waals surface area (Å²) in [5, 5.41) is 10.6. The molecule has 102 heavy (non-hydrogen) atoms. The molecule has 17 nitrogen and oxygen atoms in total. The van der Waals surface area contributed by atoms with Crippen molar-refractivity contribution in [3.8, 4) is 0 Å². The van der Waals surface area contributed by atoms with Crippen LogP contribution in [0.5, 0.6) is 0 Å². The first kappa shape index (κ1) is 98.8. The van der Waals surface area contributed by atoms with Gasteiger partial charge in [-0.25, -0.2) is 9.13 Å². The van der Waals surface area contributed by atoms with E-state index in [1.807, 2.05) is 12.2 Å². The van der Waals surface area contributed by atoms with Crippen LogP contribution in [0, 0.1) is 0 Å². The molecular weight excluding hydrogens is 1330 g/mol. The van der Waals surface area contributed by atoms with Crippen LogP contribution in [-0.2, 0) is 65.4 Å². The summed E-state index contributed by atoms with van der Waals surface area (Å²) < 4.78 is 68.6. The van der Waals surface area contributed by atoms with Gasteiger partial charge in [-0.15, -0.1) is 0 Å². The van der Waals surface area contributed by atoms with E-state index in [4.69, 9.17) is 37.0 Å². The van der Waals surface area contributed by atoms with E-state index >= 15 is 0 Å². The van der Waals surface area contributed by atoms with Crippen LogP contribution in [0.3, 0.4) is 0 Å². The van der Waals surface area contributed by atoms with Crippen LogP contribution < -0.4 is 0 Å². The van der Waals surface area contributed by atoms with Crippen LogP contribution in [0.2, 0.25) is 0 Å². The van der Waals surface area contributed by atoms with Gasteiger partial charge in [0.25, 0.3) is 0 Å². The quantitative estimate of drug-likeness (QED) is 0.0169. The van der Waals surface area contributed by atoms with Crippen LogP contribution in [0.15, 0.2) is 60.8 Å². The van der Waals surface area contributed by atoms with Crippen molar-refractivity contribution in [2.45, 2.75) is 406 Å². The average Bonchev–Trinajstić information content (AvgIpc) is 0.943. The van der Waals surface area contributed by atoms with Crippen molar-refractivity contribution in [3.63, 3.8) is 0 Å². The first-order valence-corrected chi connectivity index (χ1v) is 44.5. The maximum atomic E-state index is 13.1. The molecule has 0 heterocycles. The summed E-state index contributed by atoms with van der Waals surface area (Å²) in [6.07, 6.45) is 76.2.